The minimum absolute atomic E-state index is 0.835. The molecule has 3 heteroatoms. The summed E-state index contributed by atoms with van der Waals surface area (Å²) in [4.78, 5) is 2.46. The number of anilines is 1. The highest BCUT2D eigenvalue weighted by atomic mass is 16.5. The maximum atomic E-state index is 6.14. The molecule has 1 heterocycles. The Morgan fingerprint density at radius 3 is 2.50 bits per heavy atom. The molecule has 0 unspecified atom stereocenters. The third-order valence-electron chi connectivity index (χ3n) is 4.46. The molecule has 2 aromatic rings. The van der Waals surface area contributed by atoms with Crippen LogP contribution in [0.2, 0.25) is 0 Å². The molecule has 22 heavy (non-hydrogen) atoms. The third kappa shape index (κ3) is 3.49. The molecule has 0 aromatic heterocycles. The first-order valence-corrected chi connectivity index (χ1v) is 7.95. The number of nitrogens with zero attached hydrogens (tertiary/aromatic N) is 1. The Bertz CT molecular complexity index is 619. The molecule has 0 atom stereocenters. The Balaban J connectivity index is 1.87. The molecule has 2 aromatic carbocycles. The molecule has 0 aliphatic carbocycles. The predicted molar refractivity (Wildman–Crippen MR) is 90.9 cm³/mol. The second-order valence-corrected chi connectivity index (χ2v) is 5.97. The van der Waals surface area contributed by atoms with Crippen molar-refractivity contribution in [2.75, 3.05) is 32.0 Å². The van der Waals surface area contributed by atoms with Gasteiger partial charge in [-0.3, -0.25) is 4.90 Å². The highest BCUT2D eigenvalue weighted by Crippen LogP contribution is 2.25. The van der Waals surface area contributed by atoms with Gasteiger partial charge in [0.25, 0.3) is 0 Å². The van der Waals surface area contributed by atoms with E-state index in [0.717, 1.165) is 45.0 Å². The van der Waals surface area contributed by atoms with Crippen molar-refractivity contribution >= 4 is 5.69 Å². The average molecular weight is 296 g/mol. The SMILES string of the molecule is Cc1c(N)ccc(CN2CCOCC2)c1Cc1ccccc1. The molecule has 0 spiro atoms. The second kappa shape index (κ2) is 6.95. The van der Waals surface area contributed by atoms with Gasteiger partial charge in [-0.1, -0.05) is 36.4 Å². The molecule has 2 N–H and O–H groups in total. The quantitative estimate of drug-likeness (QED) is 0.882. The Labute approximate surface area is 132 Å². The van der Waals surface area contributed by atoms with Crippen molar-refractivity contribution in [3.05, 3.63) is 64.7 Å². The van der Waals surface area contributed by atoms with Crippen molar-refractivity contribution in [1.29, 1.82) is 0 Å². The first-order chi connectivity index (χ1) is 10.7. The Hall–Kier alpha value is -1.84. The van der Waals surface area contributed by atoms with Crippen molar-refractivity contribution in [1.82, 2.24) is 4.90 Å². The predicted octanol–water partition coefficient (Wildman–Crippen LogP) is 3.00. The van der Waals surface area contributed by atoms with Crippen molar-refractivity contribution in [3.63, 3.8) is 0 Å². The normalized spacial score (nSPS) is 15.9. The van der Waals surface area contributed by atoms with Crippen LogP contribution in [-0.2, 0) is 17.7 Å². The van der Waals surface area contributed by atoms with Gasteiger partial charge in [-0.2, -0.15) is 0 Å². The molecule has 1 aliphatic heterocycles. The van der Waals surface area contributed by atoms with Crippen LogP contribution in [0.25, 0.3) is 0 Å². The lowest BCUT2D eigenvalue weighted by Crippen LogP contribution is -2.36. The standard InChI is InChI=1S/C19H24N2O/c1-15-18(13-16-5-3-2-4-6-16)17(7-8-19(15)20)14-21-9-11-22-12-10-21/h2-8H,9-14,20H2,1H3. The molecule has 116 valence electrons. The molecular weight excluding hydrogens is 272 g/mol. The maximum Gasteiger partial charge on any atom is 0.0594 e. The van der Waals surface area contributed by atoms with E-state index in [1.807, 2.05) is 6.07 Å². The van der Waals surface area contributed by atoms with Crippen LogP contribution < -0.4 is 5.73 Å². The zero-order valence-corrected chi connectivity index (χ0v) is 13.2. The number of benzene rings is 2. The summed E-state index contributed by atoms with van der Waals surface area (Å²) in [6, 6.07) is 14.8. The smallest absolute Gasteiger partial charge is 0.0594 e. The minimum atomic E-state index is 0.835. The summed E-state index contributed by atoms with van der Waals surface area (Å²) in [5.41, 5.74) is 12.3. The van der Waals surface area contributed by atoms with Crippen molar-refractivity contribution in [3.8, 4) is 0 Å². The van der Waals surface area contributed by atoms with Crippen LogP contribution in [0.3, 0.4) is 0 Å². The monoisotopic (exact) mass is 296 g/mol. The number of nitrogens with two attached hydrogens (primary N) is 1. The number of hydrogen-bond acceptors (Lipinski definition) is 3. The van der Waals surface area contributed by atoms with E-state index < -0.39 is 0 Å². The van der Waals surface area contributed by atoms with E-state index in [1.165, 1.54) is 22.3 Å². The maximum absolute atomic E-state index is 6.14. The average Bonchev–Trinajstić information content (AvgIpc) is 2.56. The molecule has 0 radical (unpaired) electrons. The van der Waals surface area contributed by atoms with Gasteiger partial charge >= 0.3 is 0 Å². The fourth-order valence-electron chi connectivity index (χ4n) is 3.03. The van der Waals surface area contributed by atoms with Gasteiger partial charge in [0, 0.05) is 25.3 Å². The number of hydrogen-bond donors (Lipinski definition) is 1. The summed E-state index contributed by atoms with van der Waals surface area (Å²) in [6.45, 7) is 6.80. The van der Waals surface area contributed by atoms with E-state index in [9.17, 15) is 0 Å². The number of nitrogen functional groups attached to an aromatic ring is 1. The largest absolute Gasteiger partial charge is 0.399 e. The van der Waals surface area contributed by atoms with E-state index in [0.29, 0.717) is 0 Å². The number of morpholine rings is 1. The number of rotatable bonds is 4. The molecule has 0 amide bonds. The van der Waals surface area contributed by atoms with Gasteiger partial charge in [-0.25, -0.2) is 0 Å². The second-order valence-electron chi connectivity index (χ2n) is 5.97. The van der Waals surface area contributed by atoms with Gasteiger partial charge < -0.3 is 10.5 Å². The highest BCUT2D eigenvalue weighted by Gasteiger charge is 2.15. The zero-order chi connectivity index (χ0) is 15.4. The van der Waals surface area contributed by atoms with Crippen LogP contribution in [0.5, 0.6) is 0 Å². The first kappa shape index (κ1) is 15.1. The van der Waals surface area contributed by atoms with Gasteiger partial charge in [-0.05, 0) is 41.7 Å². The Morgan fingerprint density at radius 2 is 1.77 bits per heavy atom. The Kier molecular flexibility index (Phi) is 4.76. The molecule has 1 fully saturated rings. The van der Waals surface area contributed by atoms with Gasteiger partial charge in [0.1, 0.15) is 0 Å². The fourth-order valence-corrected chi connectivity index (χ4v) is 3.03. The van der Waals surface area contributed by atoms with Crippen LogP contribution in [0.1, 0.15) is 22.3 Å². The highest BCUT2D eigenvalue weighted by molar-refractivity contribution is 5.54. The molecule has 0 saturated carbocycles. The van der Waals surface area contributed by atoms with Crippen molar-refractivity contribution in [2.45, 2.75) is 19.9 Å². The molecule has 0 bridgehead atoms. The van der Waals surface area contributed by atoms with Crippen LogP contribution in [-0.4, -0.2) is 31.2 Å². The van der Waals surface area contributed by atoms with E-state index in [4.69, 9.17) is 10.5 Å². The topological polar surface area (TPSA) is 38.5 Å². The lowest BCUT2D eigenvalue weighted by Gasteiger charge is -2.28. The Morgan fingerprint density at radius 1 is 1.05 bits per heavy atom. The van der Waals surface area contributed by atoms with Crippen LogP contribution in [0.15, 0.2) is 42.5 Å². The summed E-state index contributed by atoms with van der Waals surface area (Å²) in [5, 5.41) is 0. The molecule has 1 aliphatic rings. The lowest BCUT2D eigenvalue weighted by molar-refractivity contribution is 0.0341. The van der Waals surface area contributed by atoms with Crippen LogP contribution >= 0.6 is 0 Å². The van der Waals surface area contributed by atoms with E-state index in [-0.39, 0.29) is 0 Å². The van der Waals surface area contributed by atoms with Gasteiger partial charge in [0.15, 0.2) is 0 Å². The summed E-state index contributed by atoms with van der Waals surface area (Å²) in [5.74, 6) is 0. The zero-order valence-electron chi connectivity index (χ0n) is 13.2. The fraction of sp³-hybridized carbons (Fsp3) is 0.368. The molecule has 3 nitrogen and oxygen atoms in total. The van der Waals surface area contributed by atoms with Gasteiger partial charge in [0.05, 0.1) is 13.2 Å². The van der Waals surface area contributed by atoms with Crippen molar-refractivity contribution in [2.24, 2.45) is 0 Å². The summed E-state index contributed by atoms with van der Waals surface area (Å²) in [7, 11) is 0. The summed E-state index contributed by atoms with van der Waals surface area (Å²) in [6.07, 6.45) is 0.942. The molecule has 3 rings (SSSR count). The van der Waals surface area contributed by atoms with Crippen molar-refractivity contribution < 1.29 is 4.74 Å². The first-order valence-electron chi connectivity index (χ1n) is 7.95. The summed E-state index contributed by atoms with van der Waals surface area (Å²) >= 11 is 0. The van der Waals surface area contributed by atoms with Crippen LogP contribution in [0, 0.1) is 6.92 Å². The van der Waals surface area contributed by atoms with E-state index in [1.54, 1.807) is 0 Å². The third-order valence-corrected chi connectivity index (χ3v) is 4.46. The lowest BCUT2D eigenvalue weighted by atomic mass is 9.94. The minimum Gasteiger partial charge on any atom is -0.399 e. The number of ether oxygens (including phenoxy) is 1. The summed E-state index contributed by atoms with van der Waals surface area (Å²) < 4.78 is 5.44. The van der Waals surface area contributed by atoms with Gasteiger partial charge in [-0.15, -0.1) is 0 Å². The molecule has 1 saturated heterocycles. The van der Waals surface area contributed by atoms with E-state index >= 15 is 0 Å². The van der Waals surface area contributed by atoms with E-state index in [2.05, 4.69) is 48.2 Å². The van der Waals surface area contributed by atoms with Gasteiger partial charge in [0.2, 0.25) is 0 Å². The molecular formula is C19H24N2O. The van der Waals surface area contributed by atoms with Crippen LogP contribution in [0.4, 0.5) is 5.69 Å².